The number of nitrogens with one attached hydrogen (secondary N) is 3. The summed E-state index contributed by atoms with van der Waals surface area (Å²) in [5.41, 5.74) is 4.44. The quantitative estimate of drug-likeness (QED) is 0.209. The van der Waals surface area contributed by atoms with Crippen LogP contribution >= 0.6 is 0 Å². The first kappa shape index (κ1) is 34.4. The van der Waals surface area contributed by atoms with Crippen LogP contribution in [-0.4, -0.2) is 75.9 Å². The van der Waals surface area contributed by atoms with E-state index in [0.29, 0.717) is 19.3 Å². The summed E-state index contributed by atoms with van der Waals surface area (Å²) in [5, 5.41) is 7.97. The number of carbonyl (C=O) groups excluding carboxylic acids is 6. The second-order valence-electron chi connectivity index (χ2n) is 12.0. The Morgan fingerprint density at radius 1 is 1.05 bits per heavy atom. The van der Waals surface area contributed by atoms with E-state index in [2.05, 4.69) is 20.9 Å². The van der Waals surface area contributed by atoms with Crippen LogP contribution in [0.3, 0.4) is 0 Å². The van der Waals surface area contributed by atoms with Crippen LogP contribution in [0, 0.1) is 17.3 Å². The van der Waals surface area contributed by atoms with Crippen molar-refractivity contribution in [3.8, 4) is 0 Å². The molecule has 1 saturated heterocycles. The van der Waals surface area contributed by atoms with Gasteiger partial charge < -0.3 is 31.0 Å². The molecule has 13 heteroatoms. The van der Waals surface area contributed by atoms with E-state index in [4.69, 9.17) is 10.2 Å². The number of hydrogen-bond donors (Lipinski definition) is 4. The Morgan fingerprint density at radius 3 is 2.19 bits per heavy atom. The van der Waals surface area contributed by atoms with E-state index in [9.17, 15) is 28.8 Å². The highest BCUT2D eigenvalue weighted by molar-refractivity contribution is 6.37. The van der Waals surface area contributed by atoms with Crippen LogP contribution in [0.2, 0.25) is 0 Å². The van der Waals surface area contributed by atoms with Crippen molar-refractivity contribution in [2.45, 2.75) is 105 Å². The van der Waals surface area contributed by atoms with Gasteiger partial charge in [0.2, 0.25) is 23.4 Å². The number of nitrogens with two attached hydrogens (primary N) is 1. The van der Waals surface area contributed by atoms with E-state index < -0.39 is 64.9 Å². The summed E-state index contributed by atoms with van der Waals surface area (Å²) in [6, 6.07) is -4.64. The van der Waals surface area contributed by atoms with Crippen LogP contribution in [0.5, 0.6) is 0 Å². The fourth-order valence-corrected chi connectivity index (χ4v) is 4.80. The largest absolute Gasteiger partial charge is 0.442 e. The summed E-state index contributed by atoms with van der Waals surface area (Å²) >= 11 is 0. The van der Waals surface area contributed by atoms with Crippen molar-refractivity contribution in [3.05, 3.63) is 18.4 Å². The van der Waals surface area contributed by atoms with Gasteiger partial charge in [-0.1, -0.05) is 61.3 Å². The van der Waals surface area contributed by atoms with Gasteiger partial charge in [-0.3, -0.25) is 24.0 Å². The van der Waals surface area contributed by atoms with Gasteiger partial charge in [0.1, 0.15) is 24.4 Å². The third kappa shape index (κ3) is 9.12. The molecule has 3 rings (SSSR count). The van der Waals surface area contributed by atoms with Crippen LogP contribution in [0.25, 0.3) is 0 Å². The fraction of sp³-hybridized carbons (Fsp3) is 0.690. The second kappa shape index (κ2) is 14.9. The molecule has 4 atom stereocenters. The smallest absolute Gasteiger partial charge is 0.316 e. The minimum absolute atomic E-state index is 0.136. The molecule has 3 unspecified atom stereocenters. The predicted molar refractivity (Wildman–Crippen MR) is 154 cm³/mol. The molecule has 42 heavy (non-hydrogen) atoms. The Hall–Kier alpha value is -3.77. The highest BCUT2D eigenvalue weighted by Gasteiger charge is 2.43. The molecule has 1 saturated carbocycles. The van der Waals surface area contributed by atoms with E-state index in [1.165, 1.54) is 17.4 Å². The Bertz CT molecular complexity index is 1120. The summed E-state index contributed by atoms with van der Waals surface area (Å²) in [7, 11) is 0. The van der Waals surface area contributed by atoms with Gasteiger partial charge >= 0.3 is 6.03 Å². The molecule has 13 nitrogen and oxygen atoms in total. The van der Waals surface area contributed by atoms with Gasteiger partial charge in [-0.2, -0.15) is 0 Å². The number of carbonyl (C=O) groups is 6. The zero-order chi connectivity index (χ0) is 31.8. The molecule has 5 amide bonds. The molecule has 1 aliphatic carbocycles. The SMILES string of the molecule is CC.CC(C)C(NC(=O)NC(C(=O)N1CCC[C@H]1C(=O)NC(CC1CC1)C(=O)C(N)=O)C(C)(C)C)C(=O)c1ncco1. The number of likely N-dealkylation sites (tertiary alicyclic amines) is 1. The van der Waals surface area contributed by atoms with Gasteiger partial charge in [0.05, 0.1) is 12.2 Å². The lowest BCUT2D eigenvalue weighted by Crippen LogP contribution is -2.61. The van der Waals surface area contributed by atoms with Crippen molar-refractivity contribution in [2.75, 3.05) is 6.54 Å². The molecule has 2 fully saturated rings. The lowest BCUT2D eigenvalue weighted by atomic mass is 9.85. The highest BCUT2D eigenvalue weighted by atomic mass is 16.3. The van der Waals surface area contributed by atoms with Gasteiger partial charge in [0.15, 0.2) is 0 Å². The topological polar surface area (TPSA) is 194 Å². The summed E-state index contributed by atoms with van der Waals surface area (Å²) in [4.78, 5) is 82.0. The summed E-state index contributed by atoms with van der Waals surface area (Å²) in [6.07, 6.45) is 5.65. The minimum atomic E-state index is -1.12. The minimum Gasteiger partial charge on any atom is -0.442 e. The van der Waals surface area contributed by atoms with Gasteiger partial charge in [-0.05, 0) is 36.5 Å². The maximum Gasteiger partial charge on any atom is 0.316 e. The average Bonchev–Trinajstić information content (AvgIpc) is 3.36. The second-order valence-corrected chi connectivity index (χ2v) is 12.0. The summed E-state index contributed by atoms with van der Waals surface area (Å²) in [6.45, 7) is 13.1. The molecular weight excluding hydrogens is 544 g/mol. The number of rotatable bonds is 12. The number of aromatic nitrogens is 1. The number of Topliss-reactive ketones (excluding diaryl/α,β-unsaturated/α-hetero) is 2. The average molecular weight is 591 g/mol. The number of amides is 5. The third-order valence-electron chi connectivity index (χ3n) is 7.25. The molecule has 0 aromatic carbocycles. The van der Waals surface area contributed by atoms with Crippen molar-refractivity contribution in [2.24, 2.45) is 23.0 Å². The predicted octanol–water partition coefficient (Wildman–Crippen LogP) is 1.95. The molecule has 234 valence electrons. The van der Waals surface area contributed by atoms with E-state index in [1.54, 1.807) is 34.6 Å². The first-order chi connectivity index (χ1) is 19.7. The van der Waals surface area contributed by atoms with Gasteiger partial charge in [-0.25, -0.2) is 9.78 Å². The Morgan fingerprint density at radius 2 is 1.69 bits per heavy atom. The lowest BCUT2D eigenvalue weighted by molar-refractivity contribution is -0.143. The van der Waals surface area contributed by atoms with E-state index in [-0.39, 0.29) is 24.3 Å². The maximum absolute atomic E-state index is 13.8. The van der Waals surface area contributed by atoms with E-state index in [1.807, 2.05) is 13.8 Å². The molecule has 1 aromatic heterocycles. The van der Waals surface area contributed by atoms with Crippen LogP contribution < -0.4 is 21.7 Å². The zero-order valence-electron chi connectivity index (χ0n) is 25.7. The number of hydrogen-bond acceptors (Lipinski definition) is 8. The Kier molecular flexibility index (Phi) is 12.2. The van der Waals surface area contributed by atoms with Crippen molar-refractivity contribution in [3.63, 3.8) is 0 Å². The molecule has 0 bridgehead atoms. The Balaban J connectivity index is 0.00000301. The van der Waals surface area contributed by atoms with Crippen molar-refractivity contribution in [1.82, 2.24) is 25.8 Å². The normalized spacial score (nSPS) is 18.7. The first-order valence-electron chi connectivity index (χ1n) is 14.7. The zero-order valence-corrected chi connectivity index (χ0v) is 25.7. The third-order valence-corrected chi connectivity index (χ3v) is 7.25. The van der Waals surface area contributed by atoms with Crippen LogP contribution in [-0.2, 0) is 19.2 Å². The van der Waals surface area contributed by atoms with Crippen molar-refractivity contribution < 1.29 is 33.2 Å². The van der Waals surface area contributed by atoms with E-state index >= 15 is 0 Å². The number of ketones is 2. The van der Waals surface area contributed by atoms with Gasteiger partial charge in [-0.15, -0.1) is 0 Å². The molecule has 2 aliphatic rings. The Labute approximate surface area is 247 Å². The molecule has 0 spiro atoms. The molecule has 1 aliphatic heterocycles. The highest BCUT2D eigenvalue weighted by Crippen LogP contribution is 2.34. The number of urea groups is 1. The van der Waals surface area contributed by atoms with Crippen LogP contribution in [0.4, 0.5) is 4.79 Å². The van der Waals surface area contributed by atoms with Gasteiger partial charge in [0, 0.05) is 6.54 Å². The molecule has 0 radical (unpaired) electrons. The number of primary amides is 1. The summed E-state index contributed by atoms with van der Waals surface area (Å²) in [5.74, 6) is -3.69. The molecular formula is C29H46N6O7. The number of nitrogens with zero attached hydrogens (tertiary/aromatic N) is 2. The fourth-order valence-electron chi connectivity index (χ4n) is 4.80. The first-order valence-corrected chi connectivity index (χ1v) is 14.7. The molecule has 5 N–H and O–H groups in total. The summed E-state index contributed by atoms with van der Waals surface area (Å²) < 4.78 is 5.09. The van der Waals surface area contributed by atoms with Gasteiger partial charge in [0.25, 0.3) is 11.8 Å². The lowest BCUT2D eigenvalue weighted by Gasteiger charge is -2.36. The molecule has 2 heterocycles. The monoisotopic (exact) mass is 590 g/mol. The van der Waals surface area contributed by atoms with Crippen LogP contribution in [0.1, 0.15) is 91.3 Å². The van der Waals surface area contributed by atoms with Crippen molar-refractivity contribution in [1.29, 1.82) is 0 Å². The van der Waals surface area contributed by atoms with E-state index in [0.717, 1.165) is 12.8 Å². The molecule has 1 aromatic rings. The maximum atomic E-state index is 13.8. The van der Waals surface area contributed by atoms with Crippen LogP contribution in [0.15, 0.2) is 16.9 Å². The standard InChI is InChI=1S/C27H40N6O7.C2H6/c1-14(2)18(20(35)24-29-10-12-40-24)31-26(39)32-21(27(3,4)5)25(38)33-11-6-7-17(33)23(37)30-16(13-15-8-9-15)19(34)22(28)36;1-2/h10,12,14-18,21H,6-9,11,13H2,1-5H3,(H2,28,36)(H,30,37)(H2,31,32,39);1-2H3/t16?,17-,18?,21?;/m0./s1. The van der Waals surface area contributed by atoms with Crippen molar-refractivity contribution >= 4 is 35.3 Å². The number of oxazole rings is 1.